The quantitative estimate of drug-likeness (QED) is 0.551. The first-order valence-electron chi connectivity index (χ1n) is 5.28. The molecule has 0 heterocycles. The van der Waals surface area contributed by atoms with E-state index < -0.39 is 0 Å². The summed E-state index contributed by atoms with van der Waals surface area (Å²) in [6.07, 6.45) is 6.96. The van der Waals surface area contributed by atoms with Crippen LogP contribution in [-0.4, -0.2) is 21.0 Å². The minimum Gasteiger partial charge on any atom is -0.179 e. The van der Waals surface area contributed by atoms with Crippen molar-refractivity contribution < 1.29 is 0 Å². The first kappa shape index (κ1) is 13.5. The highest BCUT2D eigenvalue weighted by Crippen LogP contribution is 2.41. The van der Waals surface area contributed by atoms with E-state index in [0.717, 1.165) is 31.4 Å². The molecule has 84 valence electrons. The Labute approximate surface area is 110 Å². The standard InChI is InChI=1S/C10H20S4/c11-7-1-2-9(13)10(14)5-3-8(12)4-6-10/h8-9,11-14H,1-7H2. The van der Waals surface area contributed by atoms with Crippen molar-refractivity contribution in [3.8, 4) is 0 Å². The van der Waals surface area contributed by atoms with E-state index in [0.29, 0.717) is 10.5 Å². The Balaban J connectivity index is 2.40. The molecule has 1 aliphatic rings. The zero-order chi connectivity index (χ0) is 10.6. The summed E-state index contributed by atoms with van der Waals surface area (Å²) in [6.45, 7) is 0. The van der Waals surface area contributed by atoms with E-state index in [2.05, 4.69) is 37.9 Å². The van der Waals surface area contributed by atoms with Crippen LogP contribution in [0.3, 0.4) is 0 Å². The topological polar surface area (TPSA) is 0 Å². The van der Waals surface area contributed by atoms with Crippen molar-refractivity contribution in [1.82, 2.24) is 0 Å². The van der Waals surface area contributed by atoms with Crippen molar-refractivity contribution >= 4 is 50.5 Å². The normalized spacial score (nSPS) is 35.6. The smallest absolute Gasteiger partial charge is 0.0246 e. The van der Waals surface area contributed by atoms with Crippen molar-refractivity contribution in [2.24, 2.45) is 0 Å². The minimum atomic E-state index is 0.144. The van der Waals surface area contributed by atoms with Gasteiger partial charge in [-0.2, -0.15) is 50.5 Å². The van der Waals surface area contributed by atoms with Gasteiger partial charge in [0.05, 0.1) is 0 Å². The lowest BCUT2D eigenvalue weighted by molar-refractivity contribution is 0.390. The van der Waals surface area contributed by atoms with Gasteiger partial charge in [0, 0.05) is 15.2 Å². The second-order valence-corrected chi connectivity index (χ2v) is 6.91. The molecule has 1 atom stereocenters. The molecule has 1 unspecified atom stereocenters. The Morgan fingerprint density at radius 3 is 2.36 bits per heavy atom. The molecule has 0 bridgehead atoms. The molecule has 0 nitrogen and oxygen atoms in total. The highest BCUT2D eigenvalue weighted by Gasteiger charge is 2.36. The molecule has 1 fully saturated rings. The van der Waals surface area contributed by atoms with Gasteiger partial charge in [-0.1, -0.05) is 0 Å². The maximum absolute atomic E-state index is 4.82. The molecule has 0 aliphatic heterocycles. The van der Waals surface area contributed by atoms with Crippen LogP contribution < -0.4 is 0 Å². The first-order chi connectivity index (χ1) is 6.58. The fourth-order valence-corrected chi connectivity index (χ4v) is 3.26. The van der Waals surface area contributed by atoms with E-state index in [9.17, 15) is 0 Å². The average Bonchev–Trinajstić information content (AvgIpc) is 2.19. The van der Waals surface area contributed by atoms with Gasteiger partial charge in [-0.05, 0) is 44.3 Å². The van der Waals surface area contributed by atoms with Crippen LogP contribution in [0.4, 0.5) is 0 Å². The van der Waals surface area contributed by atoms with Crippen LogP contribution in [0.15, 0.2) is 0 Å². The molecular formula is C10H20S4. The molecule has 0 N–H and O–H groups in total. The fourth-order valence-electron chi connectivity index (χ4n) is 1.99. The Morgan fingerprint density at radius 1 is 1.29 bits per heavy atom. The van der Waals surface area contributed by atoms with Gasteiger partial charge < -0.3 is 0 Å². The van der Waals surface area contributed by atoms with Gasteiger partial charge in [-0.25, -0.2) is 0 Å². The first-order valence-corrected chi connectivity index (χ1v) is 7.39. The molecule has 0 aromatic rings. The SMILES string of the molecule is SCCCC(S)C1(S)CCC(S)CC1. The minimum absolute atomic E-state index is 0.144. The summed E-state index contributed by atoms with van der Waals surface area (Å²) >= 11 is 18.2. The van der Waals surface area contributed by atoms with Crippen molar-refractivity contribution in [1.29, 1.82) is 0 Å². The fraction of sp³-hybridized carbons (Fsp3) is 1.00. The van der Waals surface area contributed by atoms with Crippen molar-refractivity contribution in [2.75, 3.05) is 5.75 Å². The summed E-state index contributed by atoms with van der Waals surface area (Å²) in [5.41, 5.74) is 0. The van der Waals surface area contributed by atoms with Gasteiger partial charge in [-0.15, -0.1) is 0 Å². The summed E-state index contributed by atoms with van der Waals surface area (Å²) in [4.78, 5) is 0. The number of rotatable bonds is 4. The molecule has 1 saturated carbocycles. The largest absolute Gasteiger partial charge is 0.179 e. The van der Waals surface area contributed by atoms with Gasteiger partial charge in [0.2, 0.25) is 0 Å². The van der Waals surface area contributed by atoms with Crippen LogP contribution in [0.1, 0.15) is 38.5 Å². The summed E-state index contributed by atoms with van der Waals surface area (Å²) in [7, 11) is 0. The molecular weight excluding hydrogens is 248 g/mol. The summed E-state index contributed by atoms with van der Waals surface area (Å²) < 4.78 is 0.144. The van der Waals surface area contributed by atoms with E-state index in [1.807, 2.05) is 0 Å². The maximum atomic E-state index is 4.82. The molecule has 1 rings (SSSR count). The van der Waals surface area contributed by atoms with Crippen molar-refractivity contribution in [3.05, 3.63) is 0 Å². The van der Waals surface area contributed by atoms with Gasteiger partial charge in [0.1, 0.15) is 0 Å². The zero-order valence-electron chi connectivity index (χ0n) is 8.39. The second-order valence-electron chi connectivity index (χ2n) is 4.22. The monoisotopic (exact) mass is 268 g/mol. The third-order valence-corrected chi connectivity index (χ3v) is 5.62. The lowest BCUT2D eigenvalue weighted by Crippen LogP contribution is -2.38. The summed E-state index contributed by atoms with van der Waals surface area (Å²) in [5.74, 6) is 0.954. The van der Waals surface area contributed by atoms with Gasteiger partial charge >= 0.3 is 0 Å². The Kier molecular flexibility index (Phi) is 5.98. The van der Waals surface area contributed by atoms with Gasteiger partial charge in [0.15, 0.2) is 0 Å². The Morgan fingerprint density at radius 2 is 1.86 bits per heavy atom. The molecule has 4 heteroatoms. The van der Waals surface area contributed by atoms with E-state index >= 15 is 0 Å². The van der Waals surface area contributed by atoms with Crippen LogP contribution in [0.2, 0.25) is 0 Å². The van der Waals surface area contributed by atoms with Crippen molar-refractivity contribution in [2.45, 2.75) is 53.8 Å². The average molecular weight is 269 g/mol. The summed E-state index contributed by atoms with van der Waals surface area (Å²) in [6, 6.07) is 0. The molecule has 0 spiro atoms. The van der Waals surface area contributed by atoms with E-state index in [4.69, 9.17) is 12.6 Å². The molecule has 0 saturated heterocycles. The second kappa shape index (κ2) is 6.21. The molecule has 0 amide bonds. The van der Waals surface area contributed by atoms with Crippen LogP contribution >= 0.6 is 50.5 Å². The Hall–Kier alpha value is 1.40. The van der Waals surface area contributed by atoms with Crippen LogP contribution in [-0.2, 0) is 0 Å². The lowest BCUT2D eigenvalue weighted by atomic mass is 9.84. The zero-order valence-corrected chi connectivity index (χ0v) is 12.0. The van der Waals surface area contributed by atoms with E-state index in [1.165, 1.54) is 12.8 Å². The molecule has 1 aliphatic carbocycles. The molecule has 0 aromatic heterocycles. The highest BCUT2D eigenvalue weighted by molar-refractivity contribution is 7.86. The summed E-state index contributed by atoms with van der Waals surface area (Å²) in [5, 5.41) is 1.000. The van der Waals surface area contributed by atoms with Gasteiger partial charge in [0.25, 0.3) is 0 Å². The maximum Gasteiger partial charge on any atom is 0.0246 e. The predicted octanol–water partition coefficient (Wildman–Crippen LogP) is 3.54. The van der Waals surface area contributed by atoms with Crippen molar-refractivity contribution in [3.63, 3.8) is 0 Å². The molecule has 14 heavy (non-hydrogen) atoms. The molecule has 0 aromatic carbocycles. The third-order valence-electron chi connectivity index (χ3n) is 3.08. The predicted molar refractivity (Wildman–Crippen MR) is 78.8 cm³/mol. The number of hydrogen-bond donors (Lipinski definition) is 4. The van der Waals surface area contributed by atoms with Crippen LogP contribution in [0.25, 0.3) is 0 Å². The van der Waals surface area contributed by atoms with Crippen LogP contribution in [0.5, 0.6) is 0 Å². The number of thiol groups is 4. The Bertz CT molecular complexity index is 164. The number of hydrogen-bond acceptors (Lipinski definition) is 4. The van der Waals surface area contributed by atoms with E-state index in [1.54, 1.807) is 0 Å². The lowest BCUT2D eigenvalue weighted by Gasteiger charge is -2.39. The van der Waals surface area contributed by atoms with Gasteiger partial charge in [-0.3, -0.25) is 0 Å². The highest BCUT2D eigenvalue weighted by atomic mass is 32.1. The third kappa shape index (κ3) is 3.76. The molecule has 0 radical (unpaired) electrons. The van der Waals surface area contributed by atoms with E-state index in [-0.39, 0.29) is 4.75 Å². The van der Waals surface area contributed by atoms with Crippen LogP contribution in [0, 0.1) is 0 Å².